The second kappa shape index (κ2) is 5.95. The van der Waals surface area contributed by atoms with E-state index in [1.54, 1.807) is 0 Å². The van der Waals surface area contributed by atoms with Crippen LogP contribution >= 0.6 is 0 Å². The summed E-state index contributed by atoms with van der Waals surface area (Å²) in [5.41, 5.74) is 0. The van der Waals surface area contributed by atoms with Gasteiger partial charge in [-0.1, -0.05) is 13.8 Å². The number of carbonyl (C=O) groups is 1. The monoisotopic (exact) mass is 253 g/mol. The van der Waals surface area contributed by atoms with E-state index in [0.29, 0.717) is 31.6 Å². The molecule has 6 heteroatoms. The number of nitrogens with one attached hydrogen (secondary N) is 1. The van der Waals surface area contributed by atoms with Gasteiger partial charge in [0.25, 0.3) is 0 Å². The second-order valence-electron chi connectivity index (χ2n) is 4.94. The minimum atomic E-state index is -0.297. The zero-order chi connectivity index (χ0) is 13.0. The summed E-state index contributed by atoms with van der Waals surface area (Å²) in [5.74, 6) is 0.921. The van der Waals surface area contributed by atoms with Crippen LogP contribution in [-0.2, 0) is 4.74 Å². The average molecular weight is 253 g/mol. The summed E-state index contributed by atoms with van der Waals surface area (Å²) in [5, 5.41) is 10.5. The molecule has 18 heavy (non-hydrogen) atoms. The molecule has 1 aromatic rings. The fourth-order valence-electron chi connectivity index (χ4n) is 1.81. The number of aromatic nitrogens is 2. The fraction of sp³-hybridized carbons (Fsp3) is 0.750. The normalized spacial score (nSPS) is 17.1. The summed E-state index contributed by atoms with van der Waals surface area (Å²) in [4.78, 5) is 11.7. The van der Waals surface area contributed by atoms with Gasteiger partial charge in [0.05, 0.1) is 0 Å². The van der Waals surface area contributed by atoms with Crippen molar-refractivity contribution in [1.82, 2.24) is 15.5 Å². The van der Waals surface area contributed by atoms with E-state index in [0.717, 1.165) is 12.8 Å². The van der Waals surface area contributed by atoms with Crippen molar-refractivity contribution < 1.29 is 13.9 Å². The Balaban J connectivity index is 1.94. The van der Waals surface area contributed by atoms with Gasteiger partial charge in [0, 0.05) is 25.7 Å². The Labute approximate surface area is 106 Å². The lowest BCUT2D eigenvalue weighted by molar-refractivity contribution is 0.0782. The van der Waals surface area contributed by atoms with Gasteiger partial charge in [-0.2, -0.15) is 0 Å². The molecule has 0 spiro atoms. The maximum atomic E-state index is 11.7. The number of rotatable bonds is 4. The molecule has 1 amide bonds. The van der Waals surface area contributed by atoms with E-state index in [1.165, 1.54) is 0 Å². The molecule has 1 fully saturated rings. The van der Waals surface area contributed by atoms with Crippen LogP contribution in [0.5, 0.6) is 0 Å². The fourth-order valence-corrected chi connectivity index (χ4v) is 1.81. The molecule has 1 aliphatic rings. The van der Waals surface area contributed by atoms with E-state index in [-0.39, 0.29) is 17.7 Å². The molecule has 2 rings (SSSR count). The van der Waals surface area contributed by atoms with Gasteiger partial charge in [-0.05, 0) is 18.8 Å². The highest BCUT2D eigenvalue weighted by Gasteiger charge is 2.23. The summed E-state index contributed by atoms with van der Waals surface area (Å²) in [6.07, 6.45) is 1.74. The minimum Gasteiger partial charge on any atom is -0.417 e. The number of ether oxygens (including phenoxy) is 1. The van der Waals surface area contributed by atoms with E-state index in [9.17, 15) is 4.79 Å². The zero-order valence-electron chi connectivity index (χ0n) is 10.8. The first-order valence-corrected chi connectivity index (χ1v) is 6.36. The van der Waals surface area contributed by atoms with Crippen molar-refractivity contribution >= 4 is 5.91 Å². The van der Waals surface area contributed by atoms with E-state index < -0.39 is 0 Å². The van der Waals surface area contributed by atoms with Gasteiger partial charge in [0.1, 0.15) is 0 Å². The highest BCUT2D eigenvalue weighted by molar-refractivity contribution is 5.89. The molecule has 6 nitrogen and oxygen atoms in total. The first kappa shape index (κ1) is 13.0. The molecular weight excluding hydrogens is 234 g/mol. The van der Waals surface area contributed by atoms with Gasteiger partial charge in [0.2, 0.25) is 5.89 Å². The van der Waals surface area contributed by atoms with Crippen LogP contribution in [0.4, 0.5) is 0 Å². The van der Waals surface area contributed by atoms with Crippen LogP contribution in [0.1, 0.15) is 49.2 Å². The molecule has 1 aliphatic heterocycles. The highest BCUT2D eigenvalue weighted by atomic mass is 16.5. The Hall–Kier alpha value is -1.43. The lowest BCUT2D eigenvalue weighted by Gasteiger charge is -2.18. The van der Waals surface area contributed by atoms with Crippen LogP contribution in [0.3, 0.4) is 0 Å². The highest BCUT2D eigenvalue weighted by Crippen LogP contribution is 2.25. The number of nitrogens with zero attached hydrogens (tertiary/aromatic N) is 2. The van der Waals surface area contributed by atoms with Crippen molar-refractivity contribution in [2.75, 3.05) is 19.8 Å². The van der Waals surface area contributed by atoms with Crippen molar-refractivity contribution in [3.8, 4) is 0 Å². The van der Waals surface area contributed by atoms with Gasteiger partial charge < -0.3 is 14.5 Å². The molecule has 1 N–H and O–H groups in total. The first-order valence-electron chi connectivity index (χ1n) is 6.36. The van der Waals surface area contributed by atoms with Crippen molar-refractivity contribution in [3.63, 3.8) is 0 Å². The standard InChI is InChI=1S/C12H19N3O3/c1-8(2)7-13-10(16)12-15-14-11(18-12)9-3-5-17-6-4-9/h8-9H,3-7H2,1-2H3,(H,13,16). The van der Waals surface area contributed by atoms with E-state index >= 15 is 0 Å². The summed E-state index contributed by atoms with van der Waals surface area (Å²) in [6, 6.07) is 0. The number of hydrogen-bond acceptors (Lipinski definition) is 5. The Bertz CT molecular complexity index is 397. The summed E-state index contributed by atoms with van der Waals surface area (Å²) >= 11 is 0. The van der Waals surface area contributed by atoms with Gasteiger partial charge in [-0.3, -0.25) is 4.79 Å². The van der Waals surface area contributed by atoms with Gasteiger partial charge in [-0.15, -0.1) is 10.2 Å². The topological polar surface area (TPSA) is 77.2 Å². The van der Waals surface area contributed by atoms with E-state index in [4.69, 9.17) is 9.15 Å². The van der Waals surface area contributed by atoms with Crippen molar-refractivity contribution in [2.24, 2.45) is 5.92 Å². The van der Waals surface area contributed by atoms with Gasteiger partial charge in [0.15, 0.2) is 0 Å². The van der Waals surface area contributed by atoms with Crippen LogP contribution < -0.4 is 5.32 Å². The van der Waals surface area contributed by atoms with Gasteiger partial charge in [-0.25, -0.2) is 0 Å². The average Bonchev–Trinajstić information content (AvgIpc) is 2.86. The summed E-state index contributed by atoms with van der Waals surface area (Å²) in [6.45, 7) is 6.08. The summed E-state index contributed by atoms with van der Waals surface area (Å²) < 4.78 is 10.7. The van der Waals surface area contributed by atoms with Crippen molar-refractivity contribution in [1.29, 1.82) is 0 Å². The molecule has 0 aliphatic carbocycles. The Morgan fingerprint density at radius 1 is 1.39 bits per heavy atom. The lowest BCUT2D eigenvalue weighted by Crippen LogP contribution is -2.27. The Morgan fingerprint density at radius 2 is 2.11 bits per heavy atom. The molecule has 0 bridgehead atoms. The third kappa shape index (κ3) is 3.29. The lowest BCUT2D eigenvalue weighted by atomic mass is 10.0. The SMILES string of the molecule is CC(C)CNC(=O)c1nnc(C2CCOCC2)o1. The summed E-state index contributed by atoms with van der Waals surface area (Å²) in [7, 11) is 0. The Kier molecular flexibility index (Phi) is 4.30. The molecule has 100 valence electrons. The van der Waals surface area contributed by atoms with Crippen LogP contribution in [0.2, 0.25) is 0 Å². The molecule has 1 aromatic heterocycles. The van der Waals surface area contributed by atoms with Crippen LogP contribution in [0.15, 0.2) is 4.42 Å². The molecule has 0 saturated carbocycles. The molecule has 0 aromatic carbocycles. The minimum absolute atomic E-state index is 0.0529. The van der Waals surface area contributed by atoms with Crippen LogP contribution in [-0.4, -0.2) is 35.9 Å². The largest absolute Gasteiger partial charge is 0.417 e. The molecule has 0 atom stereocenters. The predicted octanol–water partition coefficient (Wildman–Crippen LogP) is 1.35. The van der Waals surface area contributed by atoms with Crippen LogP contribution in [0, 0.1) is 5.92 Å². The quantitative estimate of drug-likeness (QED) is 0.876. The van der Waals surface area contributed by atoms with E-state index in [2.05, 4.69) is 15.5 Å². The number of hydrogen-bond donors (Lipinski definition) is 1. The first-order chi connectivity index (χ1) is 8.66. The Morgan fingerprint density at radius 3 is 2.78 bits per heavy atom. The molecule has 2 heterocycles. The van der Waals surface area contributed by atoms with Crippen molar-refractivity contribution in [2.45, 2.75) is 32.6 Å². The maximum Gasteiger partial charge on any atom is 0.308 e. The van der Waals surface area contributed by atoms with Gasteiger partial charge >= 0.3 is 11.8 Å². The molecular formula is C12H19N3O3. The maximum absolute atomic E-state index is 11.7. The third-order valence-electron chi connectivity index (χ3n) is 2.88. The van der Waals surface area contributed by atoms with E-state index in [1.807, 2.05) is 13.8 Å². The van der Waals surface area contributed by atoms with Crippen molar-refractivity contribution in [3.05, 3.63) is 11.8 Å². The predicted molar refractivity (Wildman–Crippen MR) is 64.3 cm³/mol. The molecule has 1 saturated heterocycles. The zero-order valence-corrected chi connectivity index (χ0v) is 10.8. The smallest absolute Gasteiger partial charge is 0.308 e. The van der Waals surface area contributed by atoms with Crippen LogP contribution in [0.25, 0.3) is 0 Å². The molecule has 0 radical (unpaired) electrons. The number of amides is 1. The third-order valence-corrected chi connectivity index (χ3v) is 2.88. The molecule has 0 unspecified atom stereocenters. The number of carbonyl (C=O) groups excluding carboxylic acids is 1. The second-order valence-corrected chi connectivity index (χ2v) is 4.94.